The first kappa shape index (κ1) is 21.5. The number of hydrogen-bond donors (Lipinski definition) is 3. The minimum Gasteiger partial charge on any atom is -0.507 e. The van der Waals surface area contributed by atoms with Crippen LogP contribution in [0.2, 0.25) is 0 Å². The standard InChI is InChI=1S/C22H19F2N5O2/c1-29(19-6-3-14(23)10-17(19)24)15-4-7-20(30)16(11-15)18-5-2-13(22(26)28-18)12-27-21(31)8-9-25/h2-7,10-11,30H,8,12H2,1H3,(H2,26,28)(H,27,31). The molecular formula is C22H19F2N5O2. The number of halogens is 2. The molecule has 31 heavy (non-hydrogen) atoms. The average molecular weight is 423 g/mol. The second-order valence-corrected chi connectivity index (χ2v) is 6.71. The van der Waals surface area contributed by atoms with Gasteiger partial charge in [-0.3, -0.25) is 4.79 Å². The van der Waals surface area contributed by atoms with Crippen LogP contribution in [0.15, 0.2) is 48.5 Å². The number of carbonyl (C=O) groups is 1. The number of amides is 1. The molecule has 1 amide bonds. The average Bonchev–Trinajstić information content (AvgIpc) is 2.73. The third-order valence-electron chi connectivity index (χ3n) is 4.64. The van der Waals surface area contributed by atoms with Gasteiger partial charge in [-0.25, -0.2) is 13.8 Å². The van der Waals surface area contributed by atoms with E-state index >= 15 is 0 Å². The molecule has 0 saturated heterocycles. The molecular weight excluding hydrogens is 404 g/mol. The number of hydrogen-bond acceptors (Lipinski definition) is 6. The lowest BCUT2D eigenvalue weighted by molar-refractivity contribution is -0.120. The van der Waals surface area contributed by atoms with Crippen LogP contribution in [0.1, 0.15) is 12.0 Å². The van der Waals surface area contributed by atoms with E-state index < -0.39 is 17.5 Å². The number of nitrogens with zero attached hydrogens (tertiary/aromatic N) is 3. The number of pyridine rings is 1. The maximum Gasteiger partial charge on any atom is 0.234 e. The van der Waals surface area contributed by atoms with Gasteiger partial charge in [-0.1, -0.05) is 6.07 Å². The summed E-state index contributed by atoms with van der Waals surface area (Å²) >= 11 is 0. The Hall–Kier alpha value is -4.19. The number of aromatic nitrogens is 1. The van der Waals surface area contributed by atoms with Crippen molar-refractivity contribution >= 4 is 23.1 Å². The molecule has 9 heteroatoms. The van der Waals surface area contributed by atoms with Crippen molar-refractivity contribution in [3.05, 3.63) is 65.7 Å². The number of nitrogens with two attached hydrogens (primary N) is 1. The summed E-state index contributed by atoms with van der Waals surface area (Å²) in [5.74, 6) is -1.73. The van der Waals surface area contributed by atoms with Gasteiger partial charge in [0.2, 0.25) is 5.91 Å². The molecule has 0 bridgehead atoms. The fourth-order valence-corrected chi connectivity index (χ4v) is 2.96. The summed E-state index contributed by atoms with van der Waals surface area (Å²) in [6.45, 7) is 0.109. The van der Waals surface area contributed by atoms with Crippen molar-refractivity contribution in [1.29, 1.82) is 5.26 Å². The van der Waals surface area contributed by atoms with Gasteiger partial charge in [-0.15, -0.1) is 0 Å². The van der Waals surface area contributed by atoms with E-state index in [1.54, 1.807) is 37.4 Å². The van der Waals surface area contributed by atoms with Crippen LogP contribution in [0.4, 0.5) is 26.0 Å². The van der Waals surface area contributed by atoms with Crippen LogP contribution in [0, 0.1) is 23.0 Å². The van der Waals surface area contributed by atoms with Crippen LogP contribution in [-0.2, 0) is 11.3 Å². The van der Waals surface area contributed by atoms with Crippen LogP contribution >= 0.6 is 0 Å². The molecule has 0 atom stereocenters. The van der Waals surface area contributed by atoms with Crippen molar-refractivity contribution in [1.82, 2.24) is 10.3 Å². The molecule has 4 N–H and O–H groups in total. The van der Waals surface area contributed by atoms with Crippen LogP contribution < -0.4 is 16.0 Å². The molecule has 0 fully saturated rings. The Bertz CT molecular complexity index is 1180. The molecule has 3 rings (SSSR count). The molecule has 7 nitrogen and oxygen atoms in total. The van der Waals surface area contributed by atoms with Gasteiger partial charge < -0.3 is 21.1 Å². The second-order valence-electron chi connectivity index (χ2n) is 6.71. The molecule has 0 saturated carbocycles. The molecule has 0 aliphatic heterocycles. The number of aromatic hydroxyl groups is 1. The smallest absolute Gasteiger partial charge is 0.234 e. The zero-order chi connectivity index (χ0) is 22.5. The fraction of sp³-hybridized carbons (Fsp3) is 0.136. The van der Waals surface area contributed by atoms with Crippen molar-refractivity contribution in [2.45, 2.75) is 13.0 Å². The highest BCUT2D eigenvalue weighted by Crippen LogP contribution is 2.35. The minimum atomic E-state index is -0.720. The van der Waals surface area contributed by atoms with Gasteiger partial charge in [0.1, 0.15) is 29.6 Å². The van der Waals surface area contributed by atoms with E-state index in [0.29, 0.717) is 22.5 Å². The van der Waals surface area contributed by atoms with Crippen LogP contribution in [0.3, 0.4) is 0 Å². The Labute approximate surface area is 177 Å². The lowest BCUT2D eigenvalue weighted by Crippen LogP contribution is -2.22. The number of rotatable bonds is 6. The number of anilines is 3. The zero-order valence-corrected chi connectivity index (χ0v) is 16.6. The third-order valence-corrected chi connectivity index (χ3v) is 4.64. The molecule has 1 aromatic heterocycles. The van der Waals surface area contributed by atoms with E-state index in [4.69, 9.17) is 11.0 Å². The largest absolute Gasteiger partial charge is 0.507 e. The number of carbonyl (C=O) groups excluding carboxylic acids is 1. The first-order chi connectivity index (χ1) is 14.8. The quantitative estimate of drug-likeness (QED) is 0.558. The number of phenolic OH excluding ortho intramolecular Hbond substituents is 1. The predicted molar refractivity (Wildman–Crippen MR) is 112 cm³/mol. The summed E-state index contributed by atoms with van der Waals surface area (Å²) in [6.07, 6.45) is -0.256. The number of benzene rings is 2. The van der Waals surface area contributed by atoms with E-state index in [9.17, 15) is 18.7 Å². The van der Waals surface area contributed by atoms with Crippen molar-refractivity contribution in [2.24, 2.45) is 0 Å². The molecule has 0 radical (unpaired) electrons. The molecule has 0 spiro atoms. The second kappa shape index (κ2) is 9.09. The molecule has 3 aromatic rings. The van der Waals surface area contributed by atoms with Crippen LogP contribution in [0.25, 0.3) is 11.3 Å². The SMILES string of the molecule is CN(c1ccc(O)c(-c2ccc(CNC(=O)CC#N)c(N)n2)c1)c1ccc(F)cc1F. The predicted octanol–water partition coefficient (Wildman–Crippen LogP) is 3.61. The van der Waals surface area contributed by atoms with E-state index in [1.165, 1.54) is 17.0 Å². The third kappa shape index (κ3) is 4.87. The van der Waals surface area contributed by atoms with E-state index in [2.05, 4.69) is 10.3 Å². The summed E-state index contributed by atoms with van der Waals surface area (Å²) in [5, 5.41) is 21.4. The Morgan fingerprint density at radius 2 is 2.00 bits per heavy atom. The number of nitrogen functional groups attached to an aromatic ring is 1. The lowest BCUT2D eigenvalue weighted by atomic mass is 10.1. The minimum absolute atomic E-state index is 0.0568. The number of phenols is 1. The first-order valence-corrected chi connectivity index (χ1v) is 9.21. The molecule has 158 valence electrons. The molecule has 0 unspecified atom stereocenters. The number of nitrogens with one attached hydrogen (secondary N) is 1. The van der Waals surface area contributed by atoms with Crippen molar-refractivity contribution < 1.29 is 18.7 Å². The summed E-state index contributed by atoms with van der Waals surface area (Å²) in [6, 6.07) is 12.9. The van der Waals surface area contributed by atoms with Crippen molar-refractivity contribution in [3.63, 3.8) is 0 Å². The highest BCUT2D eigenvalue weighted by molar-refractivity contribution is 5.78. The molecule has 0 aliphatic rings. The maximum absolute atomic E-state index is 14.2. The highest BCUT2D eigenvalue weighted by Gasteiger charge is 2.15. The normalized spacial score (nSPS) is 10.4. The van der Waals surface area contributed by atoms with Crippen molar-refractivity contribution in [3.8, 4) is 23.1 Å². The van der Waals surface area contributed by atoms with Gasteiger partial charge in [0.15, 0.2) is 0 Å². The van der Waals surface area contributed by atoms with Crippen LogP contribution in [0.5, 0.6) is 5.75 Å². The Balaban J connectivity index is 1.88. The van der Waals surface area contributed by atoms with Gasteiger partial charge >= 0.3 is 0 Å². The molecule has 0 aliphatic carbocycles. The zero-order valence-electron chi connectivity index (χ0n) is 16.6. The highest BCUT2D eigenvalue weighted by atomic mass is 19.1. The summed E-state index contributed by atoms with van der Waals surface area (Å²) in [4.78, 5) is 17.2. The maximum atomic E-state index is 14.2. The summed E-state index contributed by atoms with van der Waals surface area (Å²) in [5.41, 5.74) is 7.97. The van der Waals surface area contributed by atoms with Crippen molar-refractivity contribution in [2.75, 3.05) is 17.7 Å². The lowest BCUT2D eigenvalue weighted by Gasteiger charge is -2.21. The van der Waals surface area contributed by atoms with Crippen LogP contribution in [-0.4, -0.2) is 23.0 Å². The van der Waals surface area contributed by atoms with Gasteiger partial charge in [-0.05, 0) is 36.4 Å². The van der Waals surface area contributed by atoms with E-state index in [1.807, 2.05) is 0 Å². The van der Waals surface area contributed by atoms with Gasteiger partial charge in [0.05, 0.1) is 17.5 Å². The van der Waals surface area contributed by atoms with Gasteiger partial charge in [0, 0.05) is 36.5 Å². The molecule has 1 heterocycles. The summed E-state index contributed by atoms with van der Waals surface area (Å²) in [7, 11) is 1.61. The summed E-state index contributed by atoms with van der Waals surface area (Å²) < 4.78 is 27.4. The Morgan fingerprint density at radius 3 is 2.68 bits per heavy atom. The van der Waals surface area contributed by atoms with E-state index in [-0.39, 0.29) is 30.2 Å². The Morgan fingerprint density at radius 1 is 1.23 bits per heavy atom. The number of nitriles is 1. The monoisotopic (exact) mass is 423 g/mol. The Kier molecular flexibility index (Phi) is 6.31. The van der Waals surface area contributed by atoms with Gasteiger partial charge in [0.25, 0.3) is 0 Å². The molecule has 2 aromatic carbocycles. The fourth-order valence-electron chi connectivity index (χ4n) is 2.96. The first-order valence-electron chi connectivity index (χ1n) is 9.21. The van der Waals surface area contributed by atoms with Gasteiger partial charge in [-0.2, -0.15) is 5.26 Å². The van der Waals surface area contributed by atoms with E-state index in [0.717, 1.165) is 12.1 Å². The topological polar surface area (TPSA) is 115 Å².